The molecule has 0 spiro atoms. The summed E-state index contributed by atoms with van der Waals surface area (Å²) in [6.45, 7) is 2.88. The van der Waals surface area contributed by atoms with Crippen LogP contribution in [-0.4, -0.2) is 49.3 Å². The van der Waals surface area contributed by atoms with Crippen molar-refractivity contribution in [3.8, 4) is 11.5 Å². The molecule has 1 saturated carbocycles. The minimum Gasteiger partial charge on any atom is -0.497 e. The van der Waals surface area contributed by atoms with Gasteiger partial charge in [0.1, 0.15) is 18.1 Å². The zero-order valence-electron chi connectivity index (χ0n) is 13.0. The highest BCUT2D eigenvalue weighted by atomic mass is 16.5. The van der Waals surface area contributed by atoms with Crippen molar-refractivity contribution >= 4 is 5.97 Å². The normalized spacial score (nSPS) is 27.6. The smallest absolute Gasteiger partial charge is 0.311 e. The third kappa shape index (κ3) is 2.77. The van der Waals surface area contributed by atoms with E-state index in [9.17, 15) is 9.90 Å². The predicted molar refractivity (Wildman–Crippen MR) is 82.3 cm³/mol. The molecule has 1 aliphatic heterocycles. The summed E-state index contributed by atoms with van der Waals surface area (Å²) in [4.78, 5) is 13.9. The molecular formula is C17H23NO4. The minimum atomic E-state index is -0.619. The maximum absolute atomic E-state index is 11.6. The van der Waals surface area contributed by atoms with Crippen LogP contribution < -0.4 is 9.47 Å². The summed E-state index contributed by atoms with van der Waals surface area (Å²) in [6.07, 6.45) is 2.91. The molecule has 3 rings (SSSR count). The van der Waals surface area contributed by atoms with E-state index in [2.05, 4.69) is 4.90 Å². The van der Waals surface area contributed by atoms with Crippen LogP contribution in [0, 0.1) is 11.3 Å². The molecule has 0 unspecified atom stereocenters. The van der Waals surface area contributed by atoms with Crippen LogP contribution in [0.25, 0.3) is 0 Å². The van der Waals surface area contributed by atoms with Gasteiger partial charge in [-0.2, -0.15) is 0 Å². The fourth-order valence-electron chi connectivity index (χ4n) is 3.90. The number of methoxy groups -OCH3 is 1. The molecule has 0 radical (unpaired) electrons. The Kier molecular flexibility index (Phi) is 4.25. The monoisotopic (exact) mass is 305 g/mol. The van der Waals surface area contributed by atoms with Gasteiger partial charge in [0.2, 0.25) is 0 Å². The Morgan fingerprint density at radius 2 is 2.27 bits per heavy atom. The topological polar surface area (TPSA) is 59.0 Å². The van der Waals surface area contributed by atoms with Gasteiger partial charge in [0.15, 0.2) is 0 Å². The second kappa shape index (κ2) is 6.16. The van der Waals surface area contributed by atoms with Crippen molar-refractivity contribution in [3.63, 3.8) is 0 Å². The molecular weight excluding hydrogens is 282 g/mol. The molecule has 2 aliphatic rings. The van der Waals surface area contributed by atoms with Gasteiger partial charge in [0.05, 0.1) is 12.5 Å². The van der Waals surface area contributed by atoms with Crippen LogP contribution in [0.15, 0.2) is 24.3 Å². The summed E-state index contributed by atoms with van der Waals surface area (Å²) in [5, 5.41) is 9.58. The lowest BCUT2D eigenvalue weighted by Gasteiger charge is -2.23. The highest BCUT2D eigenvalue weighted by Gasteiger charge is 2.54. The number of ether oxygens (including phenoxy) is 2. The highest BCUT2D eigenvalue weighted by Crippen LogP contribution is 2.48. The van der Waals surface area contributed by atoms with Crippen molar-refractivity contribution in [1.82, 2.24) is 4.90 Å². The summed E-state index contributed by atoms with van der Waals surface area (Å²) >= 11 is 0. The van der Waals surface area contributed by atoms with E-state index in [1.54, 1.807) is 7.11 Å². The lowest BCUT2D eigenvalue weighted by Crippen LogP contribution is -2.36. The molecule has 5 heteroatoms. The Morgan fingerprint density at radius 3 is 3.00 bits per heavy atom. The number of nitrogens with zero attached hydrogens (tertiary/aromatic N) is 1. The van der Waals surface area contributed by atoms with Crippen LogP contribution >= 0.6 is 0 Å². The Labute approximate surface area is 130 Å². The van der Waals surface area contributed by atoms with Crippen LogP contribution in [0.5, 0.6) is 11.5 Å². The first-order valence-corrected chi connectivity index (χ1v) is 7.87. The van der Waals surface area contributed by atoms with Gasteiger partial charge in [-0.1, -0.05) is 12.5 Å². The number of carboxylic acids is 1. The molecule has 1 aromatic rings. The largest absolute Gasteiger partial charge is 0.497 e. The van der Waals surface area contributed by atoms with E-state index in [4.69, 9.17) is 9.47 Å². The fourth-order valence-corrected chi connectivity index (χ4v) is 3.90. The standard InChI is InChI=1S/C17H23NO4/c1-21-14-5-2-6-15(10-14)22-9-8-18-11-13-4-3-7-17(13,12-18)16(19)20/h2,5-6,10,13H,3-4,7-9,11-12H2,1H3,(H,19,20)/t13-,17+/m0/s1. The SMILES string of the molecule is COc1cccc(OCCN2C[C@@H]3CCC[C@@]3(C(=O)O)C2)c1. The summed E-state index contributed by atoms with van der Waals surface area (Å²) in [6, 6.07) is 7.54. The summed E-state index contributed by atoms with van der Waals surface area (Å²) in [7, 11) is 1.63. The van der Waals surface area contributed by atoms with Gasteiger partial charge in [0, 0.05) is 25.7 Å². The van der Waals surface area contributed by atoms with Crippen LogP contribution in [0.4, 0.5) is 0 Å². The molecule has 5 nitrogen and oxygen atoms in total. The first kappa shape index (κ1) is 15.2. The van der Waals surface area contributed by atoms with Crippen LogP contribution in [0.2, 0.25) is 0 Å². The Hall–Kier alpha value is -1.75. The van der Waals surface area contributed by atoms with Gasteiger partial charge < -0.3 is 14.6 Å². The number of benzene rings is 1. The van der Waals surface area contributed by atoms with Gasteiger partial charge in [-0.3, -0.25) is 9.69 Å². The second-order valence-electron chi connectivity index (χ2n) is 6.31. The number of hydrogen-bond acceptors (Lipinski definition) is 4. The third-order valence-electron chi connectivity index (χ3n) is 5.08. The van der Waals surface area contributed by atoms with Crippen LogP contribution in [0.3, 0.4) is 0 Å². The third-order valence-corrected chi connectivity index (χ3v) is 5.08. The molecule has 120 valence electrons. The second-order valence-corrected chi connectivity index (χ2v) is 6.31. The molecule has 1 aliphatic carbocycles. The summed E-state index contributed by atoms with van der Waals surface area (Å²) in [5.74, 6) is 1.25. The fraction of sp³-hybridized carbons (Fsp3) is 0.588. The van der Waals surface area contributed by atoms with Crippen LogP contribution in [-0.2, 0) is 4.79 Å². The zero-order valence-corrected chi connectivity index (χ0v) is 13.0. The maximum atomic E-state index is 11.6. The number of aliphatic carboxylic acids is 1. The van der Waals surface area contributed by atoms with E-state index in [1.165, 1.54) is 0 Å². The highest BCUT2D eigenvalue weighted by molar-refractivity contribution is 5.76. The Morgan fingerprint density at radius 1 is 1.45 bits per heavy atom. The van der Waals surface area contributed by atoms with E-state index in [0.29, 0.717) is 19.1 Å². The van der Waals surface area contributed by atoms with E-state index >= 15 is 0 Å². The minimum absolute atomic E-state index is 0.307. The molecule has 1 heterocycles. The summed E-state index contributed by atoms with van der Waals surface area (Å²) in [5.41, 5.74) is -0.504. The average molecular weight is 305 g/mol. The molecule has 1 aromatic carbocycles. The van der Waals surface area contributed by atoms with Crippen molar-refractivity contribution in [1.29, 1.82) is 0 Å². The molecule has 22 heavy (non-hydrogen) atoms. The average Bonchev–Trinajstić information content (AvgIpc) is 3.05. The van der Waals surface area contributed by atoms with E-state index < -0.39 is 11.4 Å². The molecule has 0 bridgehead atoms. The molecule has 2 fully saturated rings. The Bertz CT molecular complexity index is 547. The van der Waals surface area contributed by atoms with E-state index in [-0.39, 0.29) is 0 Å². The Balaban J connectivity index is 1.52. The molecule has 2 atom stereocenters. The van der Waals surface area contributed by atoms with Gasteiger partial charge in [0.25, 0.3) is 0 Å². The molecule has 1 N–H and O–H groups in total. The lowest BCUT2D eigenvalue weighted by atomic mass is 9.81. The molecule has 0 aromatic heterocycles. The predicted octanol–water partition coefficient (Wildman–Crippen LogP) is 2.26. The van der Waals surface area contributed by atoms with Gasteiger partial charge in [-0.05, 0) is 30.9 Å². The lowest BCUT2D eigenvalue weighted by molar-refractivity contribution is -0.149. The van der Waals surface area contributed by atoms with Crippen molar-refractivity contribution in [2.75, 3.05) is 33.4 Å². The van der Waals surface area contributed by atoms with Gasteiger partial charge in [-0.15, -0.1) is 0 Å². The first-order chi connectivity index (χ1) is 10.6. The van der Waals surface area contributed by atoms with Crippen LogP contribution in [0.1, 0.15) is 19.3 Å². The van der Waals surface area contributed by atoms with Crippen molar-refractivity contribution < 1.29 is 19.4 Å². The maximum Gasteiger partial charge on any atom is 0.311 e. The number of carbonyl (C=O) groups is 1. The van der Waals surface area contributed by atoms with Gasteiger partial charge in [-0.25, -0.2) is 0 Å². The van der Waals surface area contributed by atoms with E-state index in [0.717, 1.165) is 43.9 Å². The van der Waals surface area contributed by atoms with Crippen molar-refractivity contribution in [2.24, 2.45) is 11.3 Å². The van der Waals surface area contributed by atoms with E-state index in [1.807, 2.05) is 24.3 Å². The molecule has 1 saturated heterocycles. The molecule has 0 amide bonds. The summed E-state index contributed by atoms with van der Waals surface area (Å²) < 4.78 is 10.9. The first-order valence-electron chi connectivity index (χ1n) is 7.87. The number of hydrogen-bond donors (Lipinski definition) is 1. The quantitative estimate of drug-likeness (QED) is 0.873. The van der Waals surface area contributed by atoms with Crippen molar-refractivity contribution in [2.45, 2.75) is 19.3 Å². The van der Waals surface area contributed by atoms with Crippen molar-refractivity contribution in [3.05, 3.63) is 24.3 Å². The number of fused-ring (bicyclic) bond motifs is 1. The number of rotatable bonds is 6. The number of likely N-dealkylation sites (tertiary alicyclic amines) is 1. The zero-order chi connectivity index (χ0) is 15.6. The number of carboxylic acid groups (broad SMARTS) is 1. The van der Waals surface area contributed by atoms with Gasteiger partial charge >= 0.3 is 5.97 Å².